The molecule has 0 unspecified atom stereocenters. The minimum Gasteiger partial charge on any atom is -0.380 e. The van der Waals surface area contributed by atoms with E-state index >= 15 is 0 Å². The van der Waals surface area contributed by atoms with Crippen LogP contribution in [0.25, 0.3) is 0 Å². The standard InChI is InChI=1S/C8H14BrN3O/c1-7(4-2-3-5-9)11-6-8(13)12-10/h2-4,11H,5-6,10H2,1H3,(H,12,13)/b3-2-,7-4+. The predicted molar refractivity (Wildman–Crippen MR) is 57.0 cm³/mol. The largest absolute Gasteiger partial charge is 0.380 e. The number of hydrazine groups is 1. The van der Waals surface area contributed by atoms with Gasteiger partial charge in [0.2, 0.25) is 0 Å². The summed E-state index contributed by atoms with van der Waals surface area (Å²) in [6.07, 6.45) is 5.73. The molecule has 0 rings (SSSR count). The number of hydrogen-bond donors (Lipinski definition) is 3. The molecule has 0 aromatic rings. The molecule has 4 nitrogen and oxygen atoms in total. The highest BCUT2D eigenvalue weighted by Gasteiger charge is 1.94. The summed E-state index contributed by atoms with van der Waals surface area (Å²) < 4.78 is 0. The number of carbonyl (C=O) groups excluding carboxylic acids is 1. The number of hydrogen-bond acceptors (Lipinski definition) is 3. The van der Waals surface area contributed by atoms with Gasteiger partial charge in [-0.2, -0.15) is 0 Å². The van der Waals surface area contributed by atoms with Gasteiger partial charge in [-0.3, -0.25) is 10.2 Å². The van der Waals surface area contributed by atoms with Gasteiger partial charge in [0, 0.05) is 11.0 Å². The molecule has 0 radical (unpaired) electrons. The second kappa shape index (κ2) is 7.82. The molecule has 0 aromatic heterocycles. The van der Waals surface area contributed by atoms with Crippen LogP contribution in [0.3, 0.4) is 0 Å². The van der Waals surface area contributed by atoms with Crippen molar-refractivity contribution >= 4 is 21.8 Å². The predicted octanol–water partition coefficient (Wildman–Crippen LogP) is 0.421. The number of rotatable bonds is 5. The monoisotopic (exact) mass is 247 g/mol. The number of alkyl halides is 1. The second-order valence-corrected chi connectivity index (χ2v) is 3.00. The van der Waals surface area contributed by atoms with E-state index in [1.807, 2.05) is 30.6 Å². The second-order valence-electron chi connectivity index (χ2n) is 2.35. The van der Waals surface area contributed by atoms with Gasteiger partial charge >= 0.3 is 0 Å². The molecular formula is C8H14BrN3O. The molecule has 4 N–H and O–H groups in total. The Labute approximate surface area is 86.4 Å². The lowest BCUT2D eigenvalue weighted by atomic mass is 10.4. The summed E-state index contributed by atoms with van der Waals surface area (Å²) in [5, 5.41) is 3.71. The molecule has 0 bridgehead atoms. The van der Waals surface area contributed by atoms with E-state index in [1.54, 1.807) is 0 Å². The van der Waals surface area contributed by atoms with Crippen LogP contribution in [0, 0.1) is 0 Å². The summed E-state index contributed by atoms with van der Waals surface area (Å²) in [4.78, 5) is 10.7. The van der Waals surface area contributed by atoms with Crippen LogP contribution in [0.15, 0.2) is 23.9 Å². The average Bonchev–Trinajstić information content (AvgIpc) is 2.14. The van der Waals surface area contributed by atoms with Crippen LogP contribution in [0.4, 0.5) is 0 Å². The SMILES string of the molecule is C/C(=C\C=C/CBr)NCC(=O)NN. The molecule has 0 atom stereocenters. The van der Waals surface area contributed by atoms with Gasteiger partial charge in [-0.25, -0.2) is 5.84 Å². The average molecular weight is 248 g/mol. The number of carbonyl (C=O) groups is 1. The Balaban J connectivity index is 3.73. The Morgan fingerprint density at radius 1 is 1.62 bits per heavy atom. The molecule has 0 aliphatic heterocycles. The van der Waals surface area contributed by atoms with Gasteiger partial charge in [-0.1, -0.05) is 28.1 Å². The molecule has 0 aliphatic rings. The molecular weight excluding hydrogens is 234 g/mol. The van der Waals surface area contributed by atoms with Gasteiger partial charge in [0.25, 0.3) is 5.91 Å². The van der Waals surface area contributed by atoms with Crippen molar-refractivity contribution in [3.05, 3.63) is 23.9 Å². The maximum Gasteiger partial charge on any atom is 0.253 e. The van der Waals surface area contributed by atoms with Gasteiger partial charge in [0.05, 0.1) is 6.54 Å². The van der Waals surface area contributed by atoms with Crippen LogP contribution >= 0.6 is 15.9 Å². The fourth-order valence-electron chi connectivity index (χ4n) is 0.593. The van der Waals surface area contributed by atoms with E-state index in [2.05, 4.69) is 21.2 Å². The van der Waals surface area contributed by atoms with Crippen LogP contribution in [-0.4, -0.2) is 17.8 Å². The van der Waals surface area contributed by atoms with Crippen LogP contribution in [0.1, 0.15) is 6.92 Å². The maximum absolute atomic E-state index is 10.7. The Bertz CT molecular complexity index is 213. The normalized spacial score (nSPS) is 11.8. The third kappa shape index (κ3) is 7.55. The lowest BCUT2D eigenvalue weighted by molar-refractivity contribution is -0.120. The molecule has 0 saturated heterocycles. The van der Waals surface area contributed by atoms with Crippen molar-refractivity contribution in [2.75, 3.05) is 11.9 Å². The molecule has 0 aliphatic carbocycles. The lowest BCUT2D eigenvalue weighted by Crippen LogP contribution is -2.37. The van der Waals surface area contributed by atoms with Gasteiger partial charge in [0.1, 0.15) is 0 Å². The van der Waals surface area contributed by atoms with Crippen molar-refractivity contribution in [3.63, 3.8) is 0 Å². The van der Waals surface area contributed by atoms with Gasteiger partial charge in [0.15, 0.2) is 0 Å². The van der Waals surface area contributed by atoms with Crippen molar-refractivity contribution in [2.24, 2.45) is 5.84 Å². The number of halogens is 1. The topological polar surface area (TPSA) is 67.2 Å². The van der Waals surface area contributed by atoms with Gasteiger partial charge < -0.3 is 5.32 Å². The summed E-state index contributed by atoms with van der Waals surface area (Å²) in [5.41, 5.74) is 2.95. The van der Waals surface area contributed by atoms with Gasteiger partial charge in [-0.05, 0) is 13.0 Å². The number of amides is 1. The van der Waals surface area contributed by atoms with Crippen molar-refractivity contribution in [3.8, 4) is 0 Å². The van der Waals surface area contributed by atoms with Crippen LogP contribution in [0.2, 0.25) is 0 Å². The molecule has 0 spiro atoms. The van der Waals surface area contributed by atoms with E-state index in [4.69, 9.17) is 5.84 Å². The molecule has 5 heteroatoms. The lowest BCUT2D eigenvalue weighted by Gasteiger charge is -2.03. The molecule has 0 aromatic carbocycles. The molecule has 13 heavy (non-hydrogen) atoms. The quantitative estimate of drug-likeness (QED) is 0.217. The summed E-state index contributed by atoms with van der Waals surface area (Å²) in [7, 11) is 0. The minimum atomic E-state index is -0.239. The summed E-state index contributed by atoms with van der Waals surface area (Å²) in [5.74, 6) is 4.66. The summed E-state index contributed by atoms with van der Waals surface area (Å²) >= 11 is 3.26. The first-order valence-corrected chi connectivity index (χ1v) is 4.95. The highest BCUT2D eigenvalue weighted by molar-refractivity contribution is 9.09. The Hall–Kier alpha value is -0.810. The van der Waals surface area contributed by atoms with E-state index < -0.39 is 0 Å². The van der Waals surface area contributed by atoms with Crippen molar-refractivity contribution in [1.82, 2.24) is 10.7 Å². The highest BCUT2D eigenvalue weighted by atomic mass is 79.9. The molecule has 0 saturated carbocycles. The first-order valence-electron chi connectivity index (χ1n) is 3.83. The number of nitrogens with one attached hydrogen (secondary N) is 2. The van der Waals surface area contributed by atoms with Crippen molar-refractivity contribution < 1.29 is 4.79 Å². The fraction of sp³-hybridized carbons (Fsp3) is 0.375. The third-order valence-corrected chi connectivity index (χ3v) is 1.63. The Morgan fingerprint density at radius 2 is 2.31 bits per heavy atom. The van der Waals surface area contributed by atoms with Crippen LogP contribution < -0.4 is 16.6 Å². The Kier molecular flexibility index (Phi) is 7.33. The zero-order chi connectivity index (χ0) is 10.1. The molecule has 0 heterocycles. The number of nitrogens with two attached hydrogens (primary N) is 1. The zero-order valence-electron chi connectivity index (χ0n) is 7.51. The van der Waals surface area contributed by atoms with E-state index in [0.29, 0.717) is 0 Å². The van der Waals surface area contributed by atoms with Crippen molar-refractivity contribution in [1.29, 1.82) is 0 Å². The molecule has 0 fully saturated rings. The molecule has 74 valence electrons. The van der Waals surface area contributed by atoms with E-state index in [9.17, 15) is 4.79 Å². The molecule has 1 amide bonds. The number of allylic oxidation sites excluding steroid dienone is 4. The van der Waals surface area contributed by atoms with Crippen molar-refractivity contribution in [2.45, 2.75) is 6.92 Å². The zero-order valence-corrected chi connectivity index (χ0v) is 9.10. The first kappa shape index (κ1) is 12.2. The summed E-state index contributed by atoms with van der Waals surface area (Å²) in [6, 6.07) is 0. The summed E-state index contributed by atoms with van der Waals surface area (Å²) in [6.45, 7) is 2.07. The van der Waals surface area contributed by atoms with Gasteiger partial charge in [-0.15, -0.1) is 0 Å². The Morgan fingerprint density at radius 3 is 2.85 bits per heavy atom. The highest BCUT2D eigenvalue weighted by Crippen LogP contribution is 1.88. The van der Waals surface area contributed by atoms with E-state index in [0.717, 1.165) is 11.0 Å². The van der Waals surface area contributed by atoms with E-state index in [1.165, 1.54) is 0 Å². The maximum atomic E-state index is 10.7. The smallest absolute Gasteiger partial charge is 0.253 e. The fourth-order valence-corrected chi connectivity index (χ4v) is 0.809. The first-order chi connectivity index (χ1) is 6.20. The third-order valence-electron chi connectivity index (χ3n) is 1.26. The van der Waals surface area contributed by atoms with Crippen LogP contribution in [-0.2, 0) is 4.79 Å². The van der Waals surface area contributed by atoms with E-state index in [-0.39, 0.29) is 12.5 Å². The van der Waals surface area contributed by atoms with Crippen LogP contribution in [0.5, 0.6) is 0 Å². The minimum absolute atomic E-state index is 0.195.